The lowest BCUT2D eigenvalue weighted by Crippen LogP contribution is -2.32. The first-order valence-electron chi connectivity index (χ1n) is 3.79. The van der Waals surface area contributed by atoms with Gasteiger partial charge in [0, 0.05) is 12.8 Å². The van der Waals surface area contributed by atoms with Crippen LogP contribution in [0.3, 0.4) is 0 Å². The summed E-state index contributed by atoms with van der Waals surface area (Å²) in [5.41, 5.74) is 0. The molecule has 1 aliphatic heterocycles. The van der Waals surface area contributed by atoms with Crippen LogP contribution in [0.15, 0.2) is 0 Å². The lowest BCUT2D eigenvalue weighted by Gasteiger charge is -2.19. The van der Waals surface area contributed by atoms with Crippen LogP contribution in [0.4, 0.5) is 0 Å². The minimum absolute atomic E-state index is 0.0599. The van der Waals surface area contributed by atoms with Crippen LogP contribution in [0.2, 0.25) is 0 Å². The van der Waals surface area contributed by atoms with E-state index >= 15 is 0 Å². The highest BCUT2D eigenvalue weighted by atomic mass is 32.2. The SMILES string of the molecule is CCC1CC(=O)CCS1(=O)=O. The smallest absolute Gasteiger partial charge is 0.154 e. The first-order valence-corrected chi connectivity index (χ1v) is 5.51. The summed E-state index contributed by atoms with van der Waals surface area (Å²) in [7, 11) is -2.93. The zero-order valence-corrected chi connectivity index (χ0v) is 7.36. The molecule has 1 rings (SSSR count). The van der Waals surface area contributed by atoms with Gasteiger partial charge >= 0.3 is 0 Å². The fourth-order valence-electron chi connectivity index (χ4n) is 1.30. The predicted molar refractivity (Wildman–Crippen MR) is 42.1 cm³/mol. The third kappa shape index (κ3) is 1.80. The van der Waals surface area contributed by atoms with E-state index in [4.69, 9.17) is 0 Å². The summed E-state index contributed by atoms with van der Waals surface area (Å²) >= 11 is 0. The molecule has 0 aromatic rings. The van der Waals surface area contributed by atoms with E-state index in [-0.39, 0.29) is 24.4 Å². The Balaban J connectivity index is 2.80. The van der Waals surface area contributed by atoms with Gasteiger partial charge in [-0.2, -0.15) is 0 Å². The quantitative estimate of drug-likeness (QED) is 0.586. The van der Waals surface area contributed by atoms with Gasteiger partial charge in [-0.05, 0) is 6.42 Å². The van der Waals surface area contributed by atoms with Crippen LogP contribution in [0.25, 0.3) is 0 Å². The Kier molecular flexibility index (Phi) is 2.32. The average Bonchev–Trinajstić information content (AvgIpc) is 1.94. The van der Waals surface area contributed by atoms with Gasteiger partial charge in [-0.15, -0.1) is 0 Å². The average molecular weight is 176 g/mol. The minimum Gasteiger partial charge on any atom is -0.300 e. The van der Waals surface area contributed by atoms with Crippen molar-refractivity contribution in [3.05, 3.63) is 0 Å². The molecule has 1 saturated heterocycles. The van der Waals surface area contributed by atoms with Crippen molar-refractivity contribution in [2.75, 3.05) is 5.75 Å². The van der Waals surface area contributed by atoms with Gasteiger partial charge in [-0.25, -0.2) is 8.42 Å². The van der Waals surface area contributed by atoms with Crippen LogP contribution in [0, 0.1) is 0 Å². The second-order valence-electron chi connectivity index (χ2n) is 2.89. The number of hydrogen-bond acceptors (Lipinski definition) is 3. The highest BCUT2D eigenvalue weighted by Gasteiger charge is 2.31. The van der Waals surface area contributed by atoms with E-state index < -0.39 is 15.1 Å². The molecule has 0 radical (unpaired) electrons. The molecule has 0 aromatic carbocycles. The van der Waals surface area contributed by atoms with E-state index in [9.17, 15) is 13.2 Å². The van der Waals surface area contributed by atoms with Gasteiger partial charge in [0.1, 0.15) is 5.78 Å². The second kappa shape index (κ2) is 2.93. The molecular weight excluding hydrogens is 164 g/mol. The Morgan fingerprint density at radius 1 is 1.55 bits per heavy atom. The lowest BCUT2D eigenvalue weighted by molar-refractivity contribution is -0.119. The summed E-state index contributed by atoms with van der Waals surface area (Å²) in [6.45, 7) is 1.81. The molecule has 4 heteroatoms. The monoisotopic (exact) mass is 176 g/mol. The van der Waals surface area contributed by atoms with E-state index in [1.165, 1.54) is 0 Å². The van der Waals surface area contributed by atoms with Crippen molar-refractivity contribution < 1.29 is 13.2 Å². The van der Waals surface area contributed by atoms with E-state index in [0.717, 1.165) is 0 Å². The molecule has 0 spiro atoms. The molecule has 0 N–H and O–H groups in total. The van der Waals surface area contributed by atoms with Gasteiger partial charge < -0.3 is 0 Å². The standard InChI is InChI=1S/C7H12O3S/c1-2-7-5-6(8)3-4-11(7,9)10/h7H,2-5H2,1H3. The number of ketones is 1. The zero-order valence-electron chi connectivity index (χ0n) is 6.54. The number of carbonyl (C=O) groups excluding carboxylic acids is 1. The summed E-state index contributed by atoms with van der Waals surface area (Å²) in [5.74, 6) is 0.149. The van der Waals surface area contributed by atoms with Crippen LogP contribution >= 0.6 is 0 Å². The Labute approximate surface area is 66.7 Å². The number of Topliss-reactive ketones (excluding diaryl/α,β-unsaturated/α-hetero) is 1. The Hall–Kier alpha value is -0.380. The highest BCUT2D eigenvalue weighted by molar-refractivity contribution is 7.92. The number of carbonyl (C=O) groups is 1. The van der Waals surface area contributed by atoms with Crippen LogP contribution < -0.4 is 0 Å². The normalized spacial score (nSPS) is 30.3. The van der Waals surface area contributed by atoms with E-state index in [0.29, 0.717) is 6.42 Å². The molecule has 1 heterocycles. The Morgan fingerprint density at radius 2 is 2.18 bits per heavy atom. The molecule has 0 bridgehead atoms. The van der Waals surface area contributed by atoms with Crippen molar-refractivity contribution in [2.45, 2.75) is 31.4 Å². The molecule has 3 nitrogen and oxygen atoms in total. The van der Waals surface area contributed by atoms with Crippen molar-refractivity contribution in [3.8, 4) is 0 Å². The van der Waals surface area contributed by atoms with Crippen molar-refractivity contribution >= 4 is 15.6 Å². The molecule has 0 amide bonds. The Bertz CT molecular complexity index is 253. The van der Waals surface area contributed by atoms with Gasteiger partial charge in [-0.3, -0.25) is 4.79 Å². The van der Waals surface area contributed by atoms with E-state index in [2.05, 4.69) is 0 Å². The topological polar surface area (TPSA) is 51.2 Å². The minimum atomic E-state index is -2.93. The third-order valence-corrected chi connectivity index (χ3v) is 4.37. The number of sulfone groups is 1. The summed E-state index contributed by atoms with van der Waals surface area (Å²) in [4.78, 5) is 10.9. The van der Waals surface area contributed by atoms with Gasteiger partial charge in [0.2, 0.25) is 0 Å². The van der Waals surface area contributed by atoms with Crippen molar-refractivity contribution in [3.63, 3.8) is 0 Å². The van der Waals surface area contributed by atoms with Crippen molar-refractivity contribution in [2.24, 2.45) is 0 Å². The fraction of sp³-hybridized carbons (Fsp3) is 0.857. The summed E-state index contributed by atoms with van der Waals surface area (Å²) in [6.07, 6.45) is 1.02. The molecule has 1 fully saturated rings. The van der Waals surface area contributed by atoms with Crippen LogP contribution in [-0.4, -0.2) is 25.2 Å². The molecule has 0 saturated carbocycles. The molecule has 1 atom stereocenters. The first kappa shape index (κ1) is 8.71. The summed E-state index contributed by atoms with van der Waals surface area (Å²) < 4.78 is 22.4. The summed E-state index contributed by atoms with van der Waals surface area (Å²) in [5, 5.41) is -0.399. The maximum absolute atomic E-state index is 11.2. The van der Waals surface area contributed by atoms with Crippen molar-refractivity contribution in [1.82, 2.24) is 0 Å². The van der Waals surface area contributed by atoms with Crippen molar-refractivity contribution in [1.29, 1.82) is 0 Å². The molecular formula is C7H12O3S. The van der Waals surface area contributed by atoms with Crippen LogP contribution in [-0.2, 0) is 14.6 Å². The number of rotatable bonds is 1. The van der Waals surface area contributed by atoms with Gasteiger partial charge in [0.15, 0.2) is 9.84 Å². The summed E-state index contributed by atoms with van der Waals surface area (Å²) in [6, 6.07) is 0. The highest BCUT2D eigenvalue weighted by Crippen LogP contribution is 2.19. The maximum Gasteiger partial charge on any atom is 0.154 e. The van der Waals surface area contributed by atoms with Gasteiger partial charge in [0.05, 0.1) is 11.0 Å². The molecule has 64 valence electrons. The predicted octanol–water partition coefficient (Wildman–Crippen LogP) is 0.543. The molecule has 0 aliphatic carbocycles. The largest absolute Gasteiger partial charge is 0.300 e. The molecule has 11 heavy (non-hydrogen) atoms. The van der Waals surface area contributed by atoms with Crippen LogP contribution in [0.1, 0.15) is 26.2 Å². The molecule has 1 aliphatic rings. The maximum atomic E-state index is 11.2. The number of hydrogen-bond donors (Lipinski definition) is 0. The molecule has 1 unspecified atom stereocenters. The first-order chi connectivity index (χ1) is 5.06. The zero-order chi connectivity index (χ0) is 8.48. The lowest BCUT2D eigenvalue weighted by atomic mass is 10.1. The Morgan fingerprint density at radius 3 is 2.64 bits per heavy atom. The second-order valence-corrected chi connectivity index (χ2v) is 5.29. The van der Waals surface area contributed by atoms with Crippen LogP contribution in [0.5, 0.6) is 0 Å². The third-order valence-electron chi connectivity index (χ3n) is 2.08. The van der Waals surface area contributed by atoms with Gasteiger partial charge in [0.25, 0.3) is 0 Å². The fourth-order valence-corrected chi connectivity index (χ4v) is 3.10. The van der Waals surface area contributed by atoms with E-state index in [1.807, 2.05) is 0 Å². The van der Waals surface area contributed by atoms with E-state index in [1.54, 1.807) is 6.92 Å². The van der Waals surface area contributed by atoms with Gasteiger partial charge in [-0.1, -0.05) is 6.92 Å². The molecule has 0 aromatic heterocycles.